The fraction of sp³-hybridized carbons (Fsp3) is 0.400. The van der Waals surface area contributed by atoms with Gasteiger partial charge in [0.2, 0.25) is 0 Å². The molecule has 62 valence electrons. The highest BCUT2D eigenvalue weighted by Crippen LogP contribution is 2.03. The summed E-state index contributed by atoms with van der Waals surface area (Å²) in [6, 6.07) is 0. The highest BCUT2D eigenvalue weighted by atomic mass is 16.6. The Kier molecular flexibility index (Phi) is 3.03. The van der Waals surface area contributed by atoms with Gasteiger partial charge in [0.1, 0.15) is 0 Å². The molecule has 0 unspecified atom stereocenters. The van der Waals surface area contributed by atoms with Crippen LogP contribution < -0.4 is 0 Å². The average molecular weight is 161 g/mol. The highest BCUT2D eigenvalue weighted by molar-refractivity contribution is 5.85. The van der Waals surface area contributed by atoms with Crippen LogP contribution in [0, 0.1) is 10.1 Å². The van der Waals surface area contributed by atoms with Crippen LogP contribution in [0.15, 0.2) is 11.5 Å². The van der Waals surface area contributed by atoms with Gasteiger partial charge in [-0.15, -0.1) is 0 Å². The largest absolute Gasteiger partial charge is 0.506 e. The molecule has 0 saturated carbocycles. The van der Waals surface area contributed by atoms with E-state index in [1.165, 1.54) is 0 Å². The molecule has 0 heterocycles. The summed E-state index contributed by atoms with van der Waals surface area (Å²) in [6.45, 7) is 1.04. The molecule has 0 amide bonds. The van der Waals surface area contributed by atoms with E-state index in [-0.39, 0.29) is 0 Å². The van der Waals surface area contributed by atoms with Gasteiger partial charge in [-0.25, -0.2) is 4.79 Å². The Morgan fingerprint density at radius 3 is 2.18 bits per heavy atom. The number of hydrogen-bond donors (Lipinski definition) is 1. The van der Waals surface area contributed by atoms with E-state index in [1.807, 2.05) is 0 Å². The number of allylic oxidation sites excluding steroid dienone is 1. The predicted octanol–water partition coefficient (Wildman–Crippen LogP) is 0.226. The molecule has 0 atom stereocenters. The molecule has 0 aromatic carbocycles. The van der Waals surface area contributed by atoms with Crippen molar-refractivity contribution in [2.24, 2.45) is 0 Å². The number of aliphatic hydroxyl groups excluding tert-OH is 1. The minimum Gasteiger partial charge on any atom is -0.506 e. The topological polar surface area (TPSA) is 89.7 Å². The first-order valence-electron chi connectivity index (χ1n) is 2.63. The smallest absolute Gasteiger partial charge is 0.413 e. The van der Waals surface area contributed by atoms with Gasteiger partial charge in [-0.05, 0) is 0 Å². The van der Waals surface area contributed by atoms with Crippen molar-refractivity contribution in [2.75, 3.05) is 7.11 Å². The van der Waals surface area contributed by atoms with E-state index in [9.17, 15) is 14.9 Å². The molecule has 0 aromatic heterocycles. The third-order valence-corrected chi connectivity index (χ3v) is 0.904. The lowest BCUT2D eigenvalue weighted by atomic mass is 10.4. The maximum absolute atomic E-state index is 10.5. The molecule has 0 bridgehead atoms. The SMILES string of the molecule is COC(=O)C(=C(C)O)[N+](=O)[O-]. The van der Waals surface area contributed by atoms with E-state index >= 15 is 0 Å². The summed E-state index contributed by atoms with van der Waals surface area (Å²) < 4.78 is 4.04. The Bertz CT molecular complexity index is 215. The molecule has 0 aromatic rings. The van der Waals surface area contributed by atoms with Crippen molar-refractivity contribution in [2.45, 2.75) is 6.92 Å². The number of nitro groups is 1. The lowest BCUT2D eigenvalue weighted by Gasteiger charge is -1.95. The van der Waals surface area contributed by atoms with Gasteiger partial charge in [-0.3, -0.25) is 10.1 Å². The van der Waals surface area contributed by atoms with Crippen molar-refractivity contribution >= 4 is 5.97 Å². The van der Waals surface area contributed by atoms with Crippen molar-refractivity contribution < 1.29 is 19.6 Å². The Hall–Kier alpha value is -1.59. The van der Waals surface area contributed by atoms with E-state index < -0.39 is 22.3 Å². The first-order valence-corrected chi connectivity index (χ1v) is 2.63. The molecule has 11 heavy (non-hydrogen) atoms. The van der Waals surface area contributed by atoms with Crippen molar-refractivity contribution in [1.29, 1.82) is 0 Å². The molecule has 0 aliphatic carbocycles. The second kappa shape index (κ2) is 3.55. The Labute approximate surface area is 62.2 Å². The minimum absolute atomic E-state index is 0.665. The van der Waals surface area contributed by atoms with E-state index in [0.717, 1.165) is 14.0 Å². The van der Waals surface area contributed by atoms with Gasteiger partial charge < -0.3 is 9.84 Å². The quantitative estimate of drug-likeness (QED) is 0.206. The molecule has 0 saturated heterocycles. The average Bonchev–Trinajstić information content (AvgIpc) is 1.85. The van der Waals surface area contributed by atoms with Crippen LogP contribution in [0.3, 0.4) is 0 Å². The standard InChI is InChI=1S/C5H7NO5/c1-3(7)4(6(9)10)5(8)11-2/h7H,1-2H3. The number of ether oxygens (including phenoxy) is 1. The van der Waals surface area contributed by atoms with E-state index in [1.54, 1.807) is 0 Å². The number of carbonyl (C=O) groups is 1. The minimum atomic E-state index is -1.16. The van der Waals surface area contributed by atoms with Gasteiger partial charge in [0.15, 0.2) is 5.76 Å². The zero-order chi connectivity index (χ0) is 9.02. The van der Waals surface area contributed by atoms with Gasteiger partial charge in [0.25, 0.3) is 0 Å². The van der Waals surface area contributed by atoms with Crippen LogP contribution in [0.1, 0.15) is 6.92 Å². The lowest BCUT2D eigenvalue weighted by molar-refractivity contribution is -0.424. The Balaban J connectivity index is 4.79. The van der Waals surface area contributed by atoms with Crippen LogP contribution in [-0.2, 0) is 9.53 Å². The van der Waals surface area contributed by atoms with Crippen LogP contribution >= 0.6 is 0 Å². The first kappa shape index (κ1) is 9.41. The zero-order valence-corrected chi connectivity index (χ0v) is 6.03. The zero-order valence-electron chi connectivity index (χ0n) is 6.03. The van der Waals surface area contributed by atoms with Crippen molar-refractivity contribution in [1.82, 2.24) is 0 Å². The predicted molar refractivity (Wildman–Crippen MR) is 34.3 cm³/mol. The fourth-order valence-electron chi connectivity index (χ4n) is 0.451. The molecule has 1 N–H and O–H groups in total. The summed E-state index contributed by atoms with van der Waals surface area (Å²) in [5.74, 6) is -1.82. The maximum Gasteiger partial charge on any atom is 0.413 e. The summed E-state index contributed by atoms with van der Waals surface area (Å²) in [5.41, 5.74) is -0.937. The molecule has 0 aliphatic heterocycles. The van der Waals surface area contributed by atoms with Crippen LogP contribution in [0.5, 0.6) is 0 Å². The monoisotopic (exact) mass is 161 g/mol. The second-order valence-corrected chi connectivity index (χ2v) is 1.68. The van der Waals surface area contributed by atoms with Crippen molar-refractivity contribution in [3.8, 4) is 0 Å². The van der Waals surface area contributed by atoms with Gasteiger partial charge in [0.05, 0.1) is 12.0 Å². The molecule has 6 heteroatoms. The number of methoxy groups -OCH3 is 1. The Morgan fingerprint density at radius 1 is 1.64 bits per heavy atom. The summed E-state index contributed by atoms with van der Waals surface area (Å²) in [6.07, 6.45) is 0. The fourth-order valence-corrected chi connectivity index (χ4v) is 0.451. The summed E-state index contributed by atoms with van der Waals surface area (Å²) >= 11 is 0. The van der Waals surface area contributed by atoms with E-state index in [2.05, 4.69) is 4.74 Å². The number of aliphatic hydroxyl groups is 1. The van der Waals surface area contributed by atoms with Crippen molar-refractivity contribution in [3.05, 3.63) is 21.6 Å². The maximum atomic E-state index is 10.5. The molecule has 0 fully saturated rings. The molecule has 0 aliphatic rings. The van der Waals surface area contributed by atoms with Crippen LogP contribution in [0.2, 0.25) is 0 Å². The second-order valence-electron chi connectivity index (χ2n) is 1.68. The summed E-state index contributed by atoms with van der Waals surface area (Å²) in [5, 5.41) is 18.6. The molecule has 6 nitrogen and oxygen atoms in total. The van der Waals surface area contributed by atoms with Crippen LogP contribution in [0.25, 0.3) is 0 Å². The number of nitrogens with zero attached hydrogens (tertiary/aromatic N) is 1. The lowest BCUT2D eigenvalue weighted by Crippen LogP contribution is -2.14. The Morgan fingerprint density at radius 2 is 2.09 bits per heavy atom. The summed E-state index contributed by atoms with van der Waals surface area (Å²) in [4.78, 5) is 19.5. The van der Waals surface area contributed by atoms with E-state index in [4.69, 9.17) is 5.11 Å². The molecule has 0 spiro atoms. The third kappa shape index (κ3) is 2.24. The first-order chi connectivity index (χ1) is 5.00. The number of rotatable bonds is 2. The normalized spacial score (nSPS) is 11.8. The van der Waals surface area contributed by atoms with Gasteiger partial charge in [0, 0.05) is 6.92 Å². The molecular weight excluding hydrogens is 154 g/mol. The molecule has 0 radical (unpaired) electrons. The number of carbonyl (C=O) groups excluding carboxylic acids is 1. The third-order valence-electron chi connectivity index (χ3n) is 0.904. The van der Waals surface area contributed by atoms with Gasteiger partial charge >= 0.3 is 11.7 Å². The summed E-state index contributed by atoms with van der Waals surface area (Å²) in [7, 11) is 0.995. The van der Waals surface area contributed by atoms with Gasteiger partial charge in [-0.2, -0.15) is 0 Å². The van der Waals surface area contributed by atoms with Crippen LogP contribution in [0.4, 0.5) is 0 Å². The highest BCUT2D eigenvalue weighted by Gasteiger charge is 2.26. The number of esters is 1. The molecular formula is C5H7NO5. The van der Waals surface area contributed by atoms with Gasteiger partial charge in [-0.1, -0.05) is 0 Å². The van der Waals surface area contributed by atoms with Crippen molar-refractivity contribution in [3.63, 3.8) is 0 Å². The molecule has 0 rings (SSSR count). The number of hydrogen-bond acceptors (Lipinski definition) is 5. The van der Waals surface area contributed by atoms with Crippen LogP contribution in [-0.4, -0.2) is 23.1 Å². The van der Waals surface area contributed by atoms with E-state index in [0.29, 0.717) is 0 Å².